The number of carbonyl (C=O) groups excluding carboxylic acids is 1. The SMILES string of the molecule is CCCCNC(=O)c1cn(-c2ccc(Cl)cc2)c(=O)c2ccccc12. The van der Waals surface area contributed by atoms with Gasteiger partial charge in [0.05, 0.1) is 5.56 Å². The highest BCUT2D eigenvalue weighted by atomic mass is 35.5. The Labute approximate surface area is 151 Å². The quantitative estimate of drug-likeness (QED) is 0.699. The van der Waals surface area contributed by atoms with Crippen molar-refractivity contribution in [2.45, 2.75) is 19.8 Å². The molecule has 1 amide bonds. The smallest absolute Gasteiger partial charge is 0.262 e. The number of benzene rings is 2. The van der Waals surface area contributed by atoms with Gasteiger partial charge in [-0.15, -0.1) is 0 Å². The molecule has 0 aliphatic heterocycles. The monoisotopic (exact) mass is 354 g/mol. The van der Waals surface area contributed by atoms with Crippen LogP contribution in [0.25, 0.3) is 16.5 Å². The molecule has 0 unspecified atom stereocenters. The van der Waals surface area contributed by atoms with Crippen molar-refractivity contribution in [3.8, 4) is 5.69 Å². The number of halogens is 1. The van der Waals surface area contributed by atoms with Gasteiger partial charge in [0.1, 0.15) is 0 Å². The number of unbranched alkanes of at least 4 members (excludes halogenated alkanes) is 1. The molecular weight excluding hydrogens is 336 g/mol. The molecule has 128 valence electrons. The van der Waals surface area contributed by atoms with Crippen LogP contribution in [0.4, 0.5) is 0 Å². The predicted octanol–water partition coefficient (Wildman–Crippen LogP) is 4.17. The third-order valence-electron chi connectivity index (χ3n) is 4.09. The van der Waals surface area contributed by atoms with Crippen molar-refractivity contribution in [1.82, 2.24) is 9.88 Å². The van der Waals surface area contributed by atoms with Crippen LogP contribution >= 0.6 is 11.6 Å². The van der Waals surface area contributed by atoms with E-state index in [1.54, 1.807) is 48.7 Å². The van der Waals surface area contributed by atoms with Crippen LogP contribution in [0.3, 0.4) is 0 Å². The number of amides is 1. The Hall–Kier alpha value is -2.59. The summed E-state index contributed by atoms with van der Waals surface area (Å²) in [6, 6.07) is 14.1. The van der Waals surface area contributed by atoms with Gasteiger partial charge >= 0.3 is 0 Å². The molecule has 3 rings (SSSR count). The molecule has 4 nitrogen and oxygen atoms in total. The fourth-order valence-electron chi connectivity index (χ4n) is 2.74. The van der Waals surface area contributed by atoms with E-state index < -0.39 is 0 Å². The minimum Gasteiger partial charge on any atom is -0.352 e. The first kappa shape index (κ1) is 17.2. The molecule has 3 aromatic rings. The van der Waals surface area contributed by atoms with Gasteiger partial charge in [-0.2, -0.15) is 0 Å². The van der Waals surface area contributed by atoms with E-state index in [4.69, 9.17) is 11.6 Å². The fourth-order valence-corrected chi connectivity index (χ4v) is 2.87. The Morgan fingerprint density at radius 3 is 2.44 bits per heavy atom. The largest absolute Gasteiger partial charge is 0.352 e. The number of hydrogen-bond acceptors (Lipinski definition) is 2. The average Bonchev–Trinajstić information content (AvgIpc) is 2.63. The summed E-state index contributed by atoms with van der Waals surface area (Å²) in [5.41, 5.74) is 0.993. The van der Waals surface area contributed by atoms with Gasteiger partial charge < -0.3 is 5.32 Å². The molecule has 1 N–H and O–H groups in total. The van der Waals surface area contributed by atoms with Crippen molar-refractivity contribution in [2.24, 2.45) is 0 Å². The zero-order valence-corrected chi connectivity index (χ0v) is 14.7. The molecule has 5 heteroatoms. The van der Waals surface area contributed by atoms with Crippen molar-refractivity contribution < 1.29 is 4.79 Å². The first-order valence-corrected chi connectivity index (χ1v) is 8.68. The summed E-state index contributed by atoms with van der Waals surface area (Å²) in [6.45, 7) is 2.69. The Bertz CT molecular complexity index is 962. The Balaban J connectivity index is 2.15. The molecule has 1 aromatic heterocycles. The van der Waals surface area contributed by atoms with Crippen molar-refractivity contribution in [2.75, 3.05) is 6.54 Å². The van der Waals surface area contributed by atoms with Gasteiger partial charge in [0.15, 0.2) is 0 Å². The van der Waals surface area contributed by atoms with Gasteiger partial charge in [-0.3, -0.25) is 14.2 Å². The van der Waals surface area contributed by atoms with Crippen LogP contribution in [0.15, 0.2) is 59.5 Å². The maximum absolute atomic E-state index is 12.8. The topological polar surface area (TPSA) is 51.1 Å². The first-order valence-electron chi connectivity index (χ1n) is 8.30. The number of nitrogens with zero attached hydrogens (tertiary/aromatic N) is 1. The maximum atomic E-state index is 12.8. The molecule has 0 saturated heterocycles. The van der Waals surface area contributed by atoms with E-state index in [-0.39, 0.29) is 11.5 Å². The molecule has 0 spiro atoms. The summed E-state index contributed by atoms with van der Waals surface area (Å²) >= 11 is 5.94. The zero-order valence-electron chi connectivity index (χ0n) is 14.0. The second kappa shape index (κ2) is 7.53. The minimum atomic E-state index is -0.174. The molecule has 25 heavy (non-hydrogen) atoms. The number of hydrogen-bond donors (Lipinski definition) is 1. The standard InChI is InChI=1S/C20H19ClN2O2/c1-2-3-12-22-19(24)18-13-23(15-10-8-14(21)9-11-15)20(25)17-7-5-4-6-16(17)18/h4-11,13H,2-3,12H2,1H3,(H,22,24). The number of pyridine rings is 1. The molecule has 0 bridgehead atoms. The number of aromatic nitrogens is 1. The summed E-state index contributed by atoms with van der Waals surface area (Å²) in [6.07, 6.45) is 3.53. The van der Waals surface area contributed by atoms with Crippen molar-refractivity contribution >= 4 is 28.3 Å². The molecule has 0 saturated carbocycles. The highest BCUT2D eigenvalue weighted by Gasteiger charge is 2.15. The van der Waals surface area contributed by atoms with Crippen molar-refractivity contribution in [1.29, 1.82) is 0 Å². The number of carbonyl (C=O) groups is 1. The van der Waals surface area contributed by atoms with Crippen LogP contribution in [0, 0.1) is 0 Å². The van der Waals surface area contributed by atoms with E-state index in [1.807, 2.05) is 6.07 Å². The summed E-state index contributed by atoms with van der Waals surface area (Å²) in [4.78, 5) is 25.5. The van der Waals surface area contributed by atoms with Crippen LogP contribution in [-0.4, -0.2) is 17.0 Å². The number of rotatable bonds is 5. The minimum absolute atomic E-state index is 0.164. The molecule has 0 aliphatic rings. The normalized spacial score (nSPS) is 10.8. The van der Waals surface area contributed by atoms with Gasteiger partial charge in [0, 0.05) is 34.2 Å². The highest BCUT2D eigenvalue weighted by Crippen LogP contribution is 2.19. The lowest BCUT2D eigenvalue weighted by Crippen LogP contribution is -2.27. The fraction of sp³-hybridized carbons (Fsp3) is 0.200. The molecule has 0 radical (unpaired) electrons. The van der Waals surface area contributed by atoms with E-state index in [9.17, 15) is 9.59 Å². The average molecular weight is 355 g/mol. The molecule has 0 aliphatic carbocycles. The Kier molecular flexibility index (Phi) is 5.19. The third-order valence-corrected chi connectivity index (χ3v) is 4.34. The molecule has 2 aromatic carbocycles. The van der Waals surface area contributed by atoms with Crippen molar-refractivity contribution in [3.05, 3.63) is 75.7 Å². The van der Waals surface area contributed by atoms with E-state index in [0.29, 0.717) is 33.6 Å². The summed E-state index contributed by atoms with van der Waals surface area (Å²) in [5, 5.41) is 4.69. The van der Waals surface area contributed by atoms with Gasteiger partial charge in [-0.05, 0) is 36.8 Å². The lowest BCUT2D eigenvalue weighted by molar-refractivity contribution is 0.0954. The number of nitrogens with one attached hydrogen (secondary N) is 1. The second-order valence-electron chi connectivity index (χ2n) is 5.85. The number of fused-ring (bicyclic) bond motifs is 1. The first-order chi connectivity index (χ1) is 12.1. The van der Waals surface area contributed by atoms with Crippen LogP contribution in [0.2, 0.25) is 5.02 Å². The molecular formula is C20H19ClN2O2. The van der Waals surface area contributed by atoms with E-state index >= 15 is 0 Å². The van der Waals surface area contributed by atoms with E-state index in [2.05, 4.69) is 12.2 Å². The van der Waals surface area contributed by atoms with Crippen molar-refractivity contribution in [3.63, 3.8) is 0 Å². The predicted molar refractivity (Wildman–Crippen MR) is 102 cm³/mol. The van der Waals surface area contributed by atoms with E-state index in [1.165, 1.54) is 4.57 Å². The summed E-state index contributed by atoms with van der Waals surface area (Å²) in [7, 11) is 0. The van der Waals surface area contributed by atoms with Gasteiger partial charge in [0.25, 0.3) is 11.5 Å². The van der Waals surface area contributed by atoms with Crippen LogP contribution in [-0.2, 0) is 0 Å². The molecule has 1 heterocycles. The Morgan fingerprint density at radius 2 is 1.76 bits per heavy atom. The summed E-state index contributed by atoms with van der Waals surface area (Å²) in [5.74, 6) is -0.174. The molecule has 0 fully saturated rings. The molecule has 0 atom stereocenters. The third kappa shape index (κ3) is 3.59. The van der Waals surface area contributed by atoms with Gasteiger partial charge in [0.2, 0.25) is 0 Å². The summed E-state index contributed by atoms with van der Waals surface area (Å²) < 4.78 is 1.49. The zero-order chi connectivity index (χ0) is 17.8. The lowest BCUT2D eigenvalue weighted by Gasteiger charge is -2.12. The lowest BCUT2D eigenvalue weighted by atomic mass is 10.1. The maximum Gasteiger partial charge on any atom is 0.262 e. The Morgan fingerprint density at radius 1 is 1.08 bits per heavy atom. The van der Waals surface area contributed by atoms with Crippen LogP contribution in [0.5, 0.6) is 0 Å². The highest BCUT2D eigenvalue weighted by molar-refractivity contribution is 6.30. The van der Waals surface area contributed by atoms with Gasteiger partial charge in [-0.25, -0.2) is 0 Å². The van der Waals surface area contributed by atoms with Crippen LogP contribution in [0.1, 0.15) is 30.1 Å². The van der Waals surface area contributed by atoms with Crippen LogP contribution < -0.4 is 10.9 Å². The van der Waals surface area contributed by atoms with E-state index in [0.717, 1.165) is 12.8 Å². The van der Waals surface area contributed by atoms with Gasteiger partial charge in [-0.1, -0.05) is 43.1 Å². The second-order valence-corrected chi connectivity index (χ2v) is 6.29.